The first-order chi connectivity index (χ1) is 9.12. The standard InChI is InChI=1S/C14H29N3O3/c1-11(10-17(4)5)16-13(20)15-9-8-14(2,3)7-6-12(18)19/h11H,6-10H2,1-5H3,(H,18,19)(H2,15,16,20). The highest BCUT2D eigenvalue weighted by Gasteiger charge is 2.19. The lowest BCUT2D eigenvalue weighted by Crippen LogP contribution is -2.45. The third-order valence-corrected chi connectivity index (χ3v) is 3.12. The first kappa shape index (κ1) is 18.7. The topological polar surface area (TPSA) is 81.7 Å². The van der Waals surface area contributed by atoms with Crippen LogP contribution in [-0.2, 0) is 4.79 Å². The van der Waals surface area contributed by atoms with Crippen molar-refractivity contribution in [2.75, 3.05) is 27.2 Å². The van der Waals surface area contributed by atoms with Crippen LogP contribution in [0.1, 0.15) is 40.0 Å². The van der Waals surface area contributed by atoms with Gasteiger partial charge in [0.25, 0.3) is 0 Å². The van der Waals surface area contributed by atoms with Crippen molar-refractivity contribution in [1.29, 1.82) is 0 Å². The number of carboxylic acid groups (broad SMARTS) is 1. The van der Waals surface area contributed by atoms with Gasteiger partial charge in [-0.1, -0.05) is 13.8 Å². The number of rotatable bonds is 9. The molecule has 1 unspecified atom stereocenters. The summed E-state index contributed by atoms with van der Waals surface area (Å²) in [6.07, 6.45) is 1.54. The molecule has 0 rings (SSSR count). The third kappa shape index (κ3) is 10.6. The molecule has 0 saturated carbocycles. The summed E-state index contributed by atoms with van der Waals surface area (Å²) in [6.45, 7) is 7.33. The largest absolute Gasteiger partial charge is 0.481 e. The predicted octanol–water partition coefficient (Wildman–Crippen LogP) is 1.52. The molecule has 0 aromatic heterocycles. The monoisotopic (exact) mass is 287 g/mol. The number of likely N-dealkylation sites (N-methyl/N-ethyl adjacent to an activating group) is 1. The maximum absolute atomic E-state index is 11.7. The van der Waals surface area contributed by atoms with Crippen molar-refractivity contribution in [3.8, 4) is 0 Å². The Balaban J connectivity index is 3.87. The zero-order chi connectivity index (χ0) is 15.8. The number of urea groups is 1. The van der Waals surface area contributed by atoms with Gasteiger partial charge in [0.2, 0.25) is 0 Å². The van der Waals surface area contributed by atoms with Gasteiger partial charge >= 0.3 is 12.0 Å². The van der Waals surface area contributed by atoms with E-state index in [1.54, 1.807) is 0 Å². The van der Waals surface area contributed by atoms with Gasteiger partial charge in [0, 0.05) is 25.6 Å². The number of carbonyl (C=O) groups is 2. The normalized spacial score (nSPS) is 13.1. The molecule has 118 valence electrons. The molecule has 0 fully saturated rings. The molecule has 6 heteroatoms. The average Bonchev–Trinajstić information content (AvgIpc) is 2.24. The Labute approximate surface area is 121 Å². The first-order valence-corrected chi connectivity index (χ1v) is 7.03. The maximum Gasteiger partial charge on any atom is 0.315 e. The van der Waals surface area contributed by atoms with Gasteiger partial charge in [-0.25, -0.2) is 4.79 Å². The van der Waals surface area contributed by atoms with Crippen LogP contribution in [0.4, 0.5) is 4.79 Å². The fraction of sp³-hybridized carbons (Fsp3) is 0.857. The molecule has 3 N–H and O–H groups in total. The van der Waals surface area contributed by atoms with Crippen LogP contribution < -0.4 is 10.6 Å². The van der Waals surface area contributed by atoms with Crippen molar-refractivity contribution < 1.29 is 14.7 Å². The number of carbonyl (C=O) groups excluding carboxylic acids is 1. The number of aliphatic carboxylic acids is 1. The van der Waals surface area contributed by atoms with Crippen molar-refractivity contribution in [3.63, 3.8) is 0 Å². The van der Waals surface area contributed by atoms with Gasteiger partial charge in [-0.3, -0.25) is 4.79 Å². The molecule has 0 heterocycles. The SMILES string of the molecule is CC(CN(C)C)NC(=O)NCCC(C)(C)CCC(=O)O. The fourth-order valence-electron chi connectivity index (χ4n) is 1.95. The quantitative estimate of drug-likeness (QED) is 0.600. The molecule has 0 aromatic carbocycles. The van der Waals surface area contributed by atoms with E-state index in [4.69, 9.17) is 5.11 Å². The summed E-state index contributed by atoms with van der Waals surface area (Å²) in [6, 6.07) is -0.0848. The molecule has 0 aliphatic heterocycles. The molecule has 20 heavy (non-hydrogen) atoms. The van der Waals surface area contributed by atoms with Crippen molar-refractivity contribution in [1.82, 2.24) is 15.5 Å². The molecule has 2 amide bonds. The third-order valence-electron chi connectivity index (χ3n) is 3.12. The highest BCUT2D eigenvalue weighted by atomic mass is 16.4. The van der Waals surface area contributed by atoms with Crippen LogP contribution in [-0.4, -0.2) is 55.2 Å². The summed E-state index contributed by atoms with van der Waals surface area (Å²) >= 11 is 0. The second-order valence-corrected chi connectivity index (χ2v) is 6.37. The summed E-state index contributed by atoms with van der Waals surface area (Å²) in [5.74, 6) is -0.777. The first-order valence-electron chi connectivity index (χ1n) is 7.03. The lowest BCUT2D eigenvalue weighted by Gasteiger charge is -2.24. The minimum absolute atomic E-state index is 0.0824. The van der Waals surface area contributed by atoms with Crippen LogP contribution in [0.5, 0.6) is 0 Å². The lowest BCUT2D eigenvalue weighted by atomic mass is 9.84. The highest BCUT2D eigenvalue weighted by molar-refractivity contribution is 5.74. The van der Waals surface area contributed by atoms with Crippen molar-refractivity contribution >= 4 is 12.0 Å². The van der Waals surface area contributed by atoms with Crippen LogP contribution in [0.15, 0.2) is 0 Å². The maximum atomic E-state index is 11.7. The molecule has 0 aliphatic rings. The Hall–Kier alpha value is -1.30. The number of nitrogens with zero attached hydrogens (tertiary/aromatic N) is 1. The Bertz CT molecular complexity index is 317. The smallest absolute Gasteiger partial charge is 0.315 e. The Morgan fingerprint density at radius 2 is 1.85 bits per heavy atom. The number of amides is 2. The van der Waals surface area contributed by atoms with Gasteiger partial charge in [-0.15, -0.1) is 0 Å². The predicted molar refractivity (Wildman–Crippen MR) is 79.8 cm³/mol. The summed E-state index contributed by atoms with van der Waals surface area (Å²) in [5, 5.41) is 14.4. The number of hydrogen-bond donors (Lipinski definition) is 3. The average molecular weight is 287 g/mol. The minimum atomic E-state index is -0.777. The molecule has 0 bridgehead atoms. The summed E-state index contributed by atoms with van der Waals surface area (Å²) < 4.78 is 0. The second-order valence-electron chi connectivity index (χ2n) is 6.37. The molecule has 0 aliphatic carbocycles. The zero-order valence-corrected chi connectivity index (χ0v) is 13.3. The molecule has 6 nitrogen and oxygen atoms in total. The molecule has 1 atom stereocenters. The van der Waals surface area contributed by atoms with Crippen LogP contribution in [0.25, 0.3) is 0 Å². The second kappa shape index (κ2) is 8.79. The lowest BCUT2D eigenvalue weighted by molar-refractivity contribution is -0.137. The van der Waals surface area contributed by atoms with E-state index in [2.05, 4.69) is 10.6 Å². The fourth-order valence-corrected chi connectivity index (χ4v) is 1.95. The van der Waals surface area contributed by atoms with Crippen LogP contribution in [0, 0.1) is 5.41 Å². The molecule has 0 radical (unpaired) electrons. The molecular weight excluding hydrogens is 258 g/mol. The summed E-state index contributed by atoms with van der Waals surface area (Å²) in [5.41, 5.74) is -0.0824. The molecule has 0 spiro atoms. The summed E-state index contributed by atoms with van der Waals surface area (Å²) in [7, 11) is 3.92. The van der Waals surface area contributed by atoms with Gasteiger partial charge in [0.1, 0.15) is 0 Å². The van der Waals surface area contributed by atoms with Gasteiger partial charge in [0.05, 0.1) is 0 Å². The van der Waals surface area contributed by atoms with E-state index >= 15 is 0 Å². The molecule has 0 saturated heterocycles. The minimum Gasteiger partial charge on any atom is -0.481 e. The number of nitrogens with one attached hydrogen (secondary N) is 2. The van der Waals surface area contributed by atoms with Gasteiger partial charge in [0.15, 0.2) is 0 Å². The van der Waals surface area contributed by atoms with E-state index in [9.17, 15) is 9.59 Å². The van der Waals surface area contributed by atoms with E-state index in [0.717, 1.165) is 13.0 Å². The van der Waals surface area contributed by atoms with E-state index < -0.39 is 5.97 Å². The number of carboxylic acids is 1. The van der Waals surface area contributed by atoms with Crippen LogP contribution >= 0.6 is 0 Å². The van der Waals surface area contributed by atoms with Crippen LogP contribution in [0.3, 0.4) is 0 Å². The van der Waals surface area contributed by atoms with E-state index in [1.165, 1.54) is 0 Å². The highest BCUT2D eigenvalue weighted by Crippen LogP contribution is 2.25. The van der Waals surface area contributed by atoms with E-state index in [1.807, 2.05) is 39.8 Å². The zero-order valence-electron chi connectivity index (χ0n) is 13.3. The molecular formula is C14H29N3O3. The van der Waals surface area contributed by atoms with Gasteiger partial charge in [-0.05, 0) is 39.3 Å². The number of hydrogen-bond acceptors (Lipinski definition) is 3. The van der Waals surface area contributed by atoms with Crippen LogP contribution in [0.2, 0.25) is 0 Å². The van der Waals surface area contributed by atoms with Crippen molar-refractivity contribution in [2.45, 2.75) is 46.1 Å². The van der Waals surface area contributed by atoms with E-state index in [-0.39, 0.29) is 23.9 Å². The Kier molecular flexibility index (Phi) is 8.22. The van der Waals surface area contributed by atoms with Crippen molar-refractivity contribution in [2.24, 2.45) is 5.41 Å². The molecule has 0 aromatic rings. The Morgan fingerprint density at radius 1 is 1.25 bits per heavy atom. The van der Waals surface area contributed by atoms with Crippen molar-refractivity contribution in [3.05, 3.63) is 0 Å². The van der Waals surface area contributed by atoms with E-state index in [0.29, 0.717) is 13.0 Å². The van der Waals surface area contributed by atoms with Gasteiger partial charge in [-0.2, -0.15) is 0 Å². The van der Waals surface area contributed by atoms with Gasteiger partial charge < -0.3 is 20.6 Å². The summed E-state index contributed by atoms with van der Waals surface area (Å²) in [4.78, 5) is 24.2. The Morgan fingerprint density at radius 3 is 2.35 bits per heavy atom.